The van der Waals surface area contributed by atoms with E-state index in [1.54, 1.807) is 12.1 Å². The Balaban J connectivity index is 2.00. The Labute approximate surface area is 115 Å². The molecule has 18 heavy (non-hydrogen) atoms. The van der Waals surface area contributed by atoms with Crippen molar-refractivity contribution in [2.75, 3.05) is 26.4 Å². The van der Waals surface area contributed by atoms with Gasteiger partial charge in [0.15, 0.2) is 0 Å². The molecular formula is C12H14Cl2O4. The smallest absolute Gasteiger partial charge is 0.141 e. The zero-order chi connectivity index (χ0) is 13.0. The van der Waals surface area contributed by atoms with E-state index >= 15 is 0 Å². The van der Waals surface area contributed by atoms with Crippen molar-refractivity contribution in [2.45, 2.75) is 12.5 Å². The normalized spacial score (nSPS) is 17.6. The second-order valence-electron chi connectivity index (χ2n) is 3.91. The van der Waals surface area contributed by atoms with Crippen molar-refractivity contribution in [3.8, 4) is 11.5 Å². The Morgan fingerprint density at radius 1 is 1.22 bits per heavy atom. The molecule has 1 aromatic rings. The molecule has 1 atom stereocenters. The highest BCUT2D eigenvalue weighted by Gasteiger charge is 2.23. The zero-order valence-corrected chi connectivity index (χ0v) is 11.2. The molecule has 1 aromatic carbocycles. The Morgan fingerprint density at radius 2 is 1.89 bits per heavy atom. The second-order valence-corrected chi connectivity index (χ2v) is 4.72. The van der Waals surface area contributed by atoms with Gasteiger partial charge < -0.3 is 19.3 Å². The van der Waals surface area contributed by atoms with Crippen LogP contribution in [-0.4, -0.2) is 37.6 Å². The van der Waals surface area contributed by atoms with Crippen molar-refractivity contribution in [3.63, 3.8) is 0 Å². The lowest BCUT2D eigenvalue weighted by molar-refractivity contribution is 0.231. The summed E-state index contributed by atoms with van der Waals surface area (Å²) in [5.74, 6) is 1.02. The summed E-state index contributed by atoms with van der Waals surface area (Å²) in [4.78, 5) is 0. The first kappa shape index (κ1) is 13.7. The van der Waals surface area contributed by atoms with E-state index in [-0.39, 0.29) is 12.7 Å². The van der Waals surface area contributed by atoms with E-state index in [9.17, 15) is 0 Å². The van der Waals surface area contributed by atoms with Crippen LogP contribution in [0.25, 0.3) is 0 Å². The average Bonchev–Trinajstić information content (AvgIpc) is 3.14. The molecule has 6 heteroatoms. The van der Waals surface area contributed by atoms with Crippen molar-refractivity contribution in [3.05, 3.63) is 22.2 Å². The summed E-state index contributed by atoms with van der Waals surface area (Å²) in [6, 6.07) is 3.24. The summed E-state index contributed by atoms with van der Waals surface area (Å²) in [6.07, 6.45) is 0.709. The van der Waals surface area contributed by atoms with Crippen LogP contribution in [0.2, 0.25) is 10.0 Å². The minimum absolute atomic E-state index is 0.0770. The molecule has 2 rings (SSSR count). The fraction of sp³-hybridized carbons (Fsp3) is 0.500. The van der Waals surface area contributed by atoms with Crippen LogP contribution in [0.4, 0.5) is 0 Å². The van der Waals surface area contributed by atoms with Gasteiger partial charge in [0.05, 0.1) is 23.3 Å². The topological polar surface area (TPSA) is 51.2 Å². The maximum atomic E-state index is 8.69. The number of rotatable bonds is 7. The quantitative estimate of drug-likeness (QED) is 0.620. The fourth-order valence-corrected chi connectivity index (χ4v) is 1.82. The SMILES string of the molecule is OCCCOc1cc(OCC2CO2)c(Cl)cc1Cl. The lowest BCUT2D eigenvalue weighted by atomic mass is 10.3. The van der Waals surface area contributed by atoms with Crippen LogP contribution in [0, 0.1) is 0 Å². The summed E-state index contributed by atoms with van der Waals surface area (Å²) in [5.41, 5.74) is 0. The van der Waals surface area contributed by atoms with E-state index in [0.29, 0.717) is 41.2 Å². The minimum atomic E-state index is 0.0770. The average molecular weight is 293 g/mol. The maximum absolute atomic E-state index is 8.69. The van der Waals surface area contributed by atoms with E-state index in [0.717, 1.165) is 6.61 Å². The third kappa shape index (κ3) is 3.92. The molecule has 1 unspecified atom stereocenters. The number of epoxide rings is 1. The van der Waals surface area contributed by atoms with Gasteiger partial charge in [0.1, 0.15) is 24.2 Å². The number of hydrogen-bond donors (Lipinski definition) is 1. The fourth-order valence-electron chi connectivity index (χ4n) is 1.33. The molecule has 0 saturated carbocycles. The monoisotopic (exact) mass is 292 g/mol. The van der Waals surface area contributed by atoms with Gasteiger partial charge in [-0.25, -0.2) is 0 Å². The van der Waals surface area contributed by atoms with Crippen LogP contribution in [0.5, 0.6) is 11.5 Å². The first-order valence-electron chi connectivity index (χ1n) is 5.68. The highest BCUT2D eigenvalue weighted by atomic mass is 35.5. The van der Waals surface area contributed by atoms with Gasteiger partial charge in [-0.1, -0.05) is 23.2 Å². The maximum Gasteiger partial charge on any atom is 0.141 e. The van der Waals surface area contributed by atoms with Gasteiger partial charge in [-0.15, -0.1) is 0 Å². The standard InChI is InChI=1S/C12H14Cl2O4/c13-9-4-10(14)12(18-7-8-6-17-8)5-11(9)16-3-1-2-15/h4-5,8,15H,1-3,6-7H2. The van der Waals surface area contributed by atoms with Gasteiger partial charge >= 0.3 is 0 Å². The highest BCUT2D eigenvalue weighted by molar-refractivity contribution is 6.36. The van der Waals surface area contributed by atoms with Crippen LogP contribution in [0.3, 0.4) is 0 Å². The van der Waals surface area contributed by atoms with Gasteiger partial charge in [0.2, 0.25) is 0 Å². The summed E-state index contributed by atoms with van der Waals surface area (Å²) in [7, 11) is 0. The van der Waals surface area contributed by atoms with E-state index in [2.05, 4.69) is 0 Å². The number of aliphatic hydroxyl groups is 1. The largest absolute Gasteiger partial charge is 0.492 e. The molecule has 0 aromatic heterocycles. The number of halogens is 2. The molecule has 0 amide bonds. The second kappa shape index (κ2) is 6.48. The van der Waals surface area contributed by atoms with Crippen LogP contribution in [0.1, 0.15) is 6.42 Å². The summed E-state index contributed by atoms with van der Waals surface area (Å²) in [6.45, 7) is 1.67. The van der Waals surface area contributed by atoms with Crippen molar-refractivity contribution in [1.82, 2.24) is 0 Å². The van der Waals surface area contributed by atoms with Gasteiger partial charge in [-0.2, -0.15) is 0 Å². The summed E-state index contributed by atoms with van der Waals surface area (Å²) in [5, 5.41) is 9.56. The lowest BCUT2D eigenvalue weighted by Gasteiger charge is -2.12. The van der Waals surface area contributed by atoms with Crippen molar-refractivity contribution in [2.24, 2.45) is 0 Å². The van der Waals surface area contributed by atoms with Gasteiger partial charge in [0, 0.05) is 19.1 Å². The van der Waals surface area contributed by atoms with E-state index in [1.807, 2.05) is 0 Å². The minimum Gasteiger partial charge on any atom is -0.492 e. The molecule has 1 aliphatic heterocycles. The molecule has 1 heterocycles. The Hall–Kier alpha value is -0.680. The van der Waals surface area contributed by atoms with Crippen LogP contribution in [-0.2, 0) is 4.74 Å². The van der Waals surface area contributed by atoms with Gasteiger partial charge in [-0.3, -0.25) is 0 Å². The van der Waals surface area contributed by atoms with E-state index in [1.165, 1.54) is 0 Å². The first-order valence-corrected chi connectivity index (χ1v) is 6.43. The van der Waals surface area contributed by atoms with Gasteiger partial charge in [0.25, 0.3) is 0 Å². The molecule has 0 aliphatic carbocycles. The number of hydrogen-bond acceptors (Lipinski definition) is 4. The van der Waals surface area contributed by atoms with Gasteiger partial charge in [-0.05, 0) is 6.07 Å². The third-order valence-corrected chi connectivity index (χ3v) is 2.96. The Kier molecular flexibility index (Phi) is 4.95. The highest BCUT2D eigenvalue weighted by Crippen LogP contribution is 2.36. The first-order chi connectivity index (χ1) is 8.70. The van der Waals surface area contributed by atoms with Crippen molar-refractivity contribution in [1.29, 1.82) is 0 Å². The molecular weight excluding hydrogens is 279 g/mol. The predicted molar refractivity (Wildman–Crippen MR) is 68.9 cm³/mol. The number of benzene rings is 1. The zero-order valence-electron chi connectivity index (χ0n) is 9.70. The summed E-state index contributed by atoms with van der Waals surface area (Å²) < 4.78 is 16.0. The molecule has 1 aliphatic rings. The molecule has 0 spiro atoms. The van der Waals surface area contributed by atoms with Crippen molar-refractivity contribution >= 4 is 23.2 Å². The Morgan fingerprint density at radius 3 is 2.50 bits per heavy atom. The van der Waals surface area contributed by atoms with Crippen molar-refractivity contribution < 1.29 is 19.3 Å². The van der Waals surface area contributed by atoms with E-state index in [4.69, 9.17) is 42.5 Å². The molecule has 1 fully saturated rings. The number of aliphatic hydroxyl groups excluding tert-OH is 1. The molecule has 0 radical (unpaired) electrons. The number of ether oxygens (including phenoxy) is 3. The molecule has 1 N–H and O–H groups in total. The van der Waals surface area contributed by atoms with Crippen LogP contribution in [0.15, 0.2) is 12.1 Å². The Bertz CT molecular complexity index is 407. The predicted octanol–water partition coefficient (Wildman–Crippen LogP) is 2.53. The molecule has 4 nitrogen and oxygen atoms in total. The van der Waals surface area contributed by atoms with Crippen LogP contribution < -0.4 is 9.47 Å². The third-order valence-electron chi connectivity index (χ3n) is 2.37. The lowest BCUT2D eigenvalue weighted by Crippen LogP contribution is -2.05. The molecule has 0 bridgehead atoms. The molecule has 100 valence electrons. The molecule has 1 saturated heterocycles. The van der Waals surface area contributed by atoms with E-state index < -0.39 is 0 Å². The van der Waals surface area contributed by atoms with Crippen LogP contribution >= 0.6 is 23.2 Å². The summed E-state index contributed by atoms with van der Waals surface area (Å²) >= 11 is 12.0.